The summed E-state index contributed by atoms with van der Waals surface area (Å²) in [7, 11) is 0. The Morgan fingerprint density at radius 2 is 1.81 bits per heavy atom. The zero-order chi connectivity index (χ0) is 18.0. The molecule has 1 saturated carbocycles. The van der Waals surface area contributed by atoms with Crippen molar-refractivity contribution in [2.75, 3.05) is 24.8 Å². The minimum Gasteiger partial charge on any atom is -0.492 e. The molecule has 138 valence electrons. The molecule has 27 heavy (non-hydrogen) atoms. The van der Waals surface area contributed by atoms with E-state index in [0.717, 1.165) is 41.6 Å². The number of fused-ring (bicyclic) bond motifs is 5. The largest absolute Gasteiger partial charge is 0.492 e. The Hall–Kier alpha value is -2.69. The number of hydrogen-bond acceptors (Lipinski definition) is 4. The summed E-state index contributed by atoms with van der Waals surface area (Å²) in [5.74, 6) is 3.24. The van der Waals surface area contributed by atoms with Crippen LogP contribution < -0.4 is 19.1 Å². The van der Waals surface area contributed by atoms with Gasteiger partial charge in [-0.2, -0.15) is 0 Å². The second-order valence-corrected chi connectivity index (χ2v) is 8.04. The van der Waals surface area contributed by atoms with Crippen LogP contribution in [0.1, 0.15) is 36.8 Å². The summed E-state index contributed by atoms with van der Waals surface area (Å²) in [6.45, 7) is 1.52. The fraction of sp³-hybridized carbons (Fsp3) is 0.409. The number of amides is 1. The molecule has 6 rings (SSSR count). The molecule has 0 saturated heterocycles. The molecule has 1 spiro atoms. The maximum atomic E-state index is 13.2. The van der Waals surface area contributed by atoms with Gasteiger partial charge in [0.1, 0.15) is 12.4 Å². The van der Waals surface area contributed by atoms with Crippen LogP contribution in [0.25, 0.3) is 0 Å². The molecule has 1 aliphatic carbocycles. The van der Waals surface area contributed by atoms with E-state index in [1.807, 2.05) is 23.1 Å². The number of hydrogen-bond donors (Lipinski definition) is 0. The third-order valence-electron chi connectivity index (χ3n) is 6.39. The molecule has 1 atom stereocenters. The lowest BCUT2D eigenvalue weighted by Gasteiger charge is -2.40. The Labute approximate surface area is 157 Å². The van der Waals surface area contributed by atoms with Crippen LogP contribution in [0.15, 0.2) is 36.4 Å². The smallest absolute Gasteiger partial charge is 0.231 e. The summed E-state index contributed by atoms with van der Waals surface area (Å²) >= 11 is 0. The number of carbonyl (C=O) groups is 1. The van der Waals surface area contributed by atoms with E-state index in [2.05, 4.69) is 18.2 Å². The molecule has 3 aliphatic heterocycles. The average molecular weight is 363 g/mol. The van der Waals surface area contributed by atoms with Crippen molar-refractivity contribution in [2.24, 2.45) is 5.92 Å². The first kappa shape index (κ1) is 15.4. The molecule has 4 aliphatic rings. The van der Waals surface area contributed by atoms with Gasteiger partial charge in [0.05, 0.1) is 5.41 Å². The van der Waals surface area contributed by atoms with E-state index >= 15 is 0 Å². The van der Waals surface area contributed by atoms with Gasteiger partial charge in [0.2, 0.25) is 12.7 Å². The van der Waals surface area contributed by atoms with Gasteiger partial charge < -0.3 is 19.1 Å². The molecular weight excluding hydrogens is 342 g/mol. The molecule has 2 aromatic rings. The molecular formula is C22H21NO4. The van der Waals surface area contributed by atoms with Gasteiger partial charge in [-0.1, -0.05) is 31.0 Å². The van der Waals surface area contributed by atoms with Crippen molar-refractivity contribution in [1.29, 1.82) is 0 Å². The average Bonchev–Trinajstić information content (AvgIpc) is 3.29. The highest BCUT2D eigenvalue weighted by Crippen LogP contribution is 2.54. The van der Waals surface area contributed by atoms with Crippen molar-refractivity contribution in [1.82, 2.24) is 0 Å². The summed E-state index contributed by atoms with van der Waals surface area (Å²) in [5.41, 5.74) is 2.80. The van der Waals surface area contributed by atoms with Crippen LogP contribution in [0.5, 0.6) is 17.2 Å². The van der Waals surface area contributed by atoms with Gasteiger partial charge in [0, 0.05) is 30.3 Å². The van der Waals surface area contributed by atoms with Crippen molar-refractivity contribution in [3.63, 3.8) is 0 Å². The molecule has 1 fully saturated rings. The molecule has 0 bridgehead atoms. The van der Waals surface area contributed by atoms with Crippen LogP contribution >= 0.6 is 0 Å². The standard InChI is InChI=1S/C22H21NO4/c24-21-11-22(12-25-18-10-20-19(9-16(18)22)26-13-27-20)15-3-1-2-4-17(15)23(21)8-7-14-5-6-14/h1-4,9-10,14H,5-8,11-13H2. The molecule has 0 radical (unpaired) electrons. The SMILES string of the molecule is O=C1CC2(COc3cc4c(cc32)OCO4)c2ccccc2N1CCC1CC1. The van der Waals surface area contributed by atoms with Crippen molar-refractivity contribution in [3.8, 4) is 17.2 Å². The van der Waals surface area contributed by atoms with Gasteiger partial charge in [0.15, 0.2) is 11.5 Å². The number of rotatable bonds is 3. The van der Waals surface area contributed by atoms with Gasteiger partial charge >= 0.3 is 0 Å². The van der Waals surface area contributed by atoms with Crippen molar-refractivity contribution < 1.29 is 19.0 Å². The second kappa shape index (κ2) is 5.41. The lowest BCUT2D eigenvalue weighted by Crippen LogP contribution is -2.46. The monoisotopic (exact) mass is 363 g/mol. The van der Waals surface area contributed by atoms with E-state index in [-0.39, 0.29) is 12.7 Å². The van der Waals surface area contributed by atoms with Gasteiger partial charge in [-0.25, -0.2) is 0 Å². The van der Waals surface area contributed by atoms with E-state index < -0.39 is 5.41 Å². The van der Waals surface area contributed by atoms with Crippen LogP contribution in [0.3, 0.4) is 0 Å². The van der Waals surface area contributed by atoms with Crippen LogP contribution in [-0.4, -0.2) is 25.9 Å². The molecule has 1 amide bonds. The quantitative estimate of drug-likeness (QED) is 0.836. The number of ether oxygens (including phenoxy) is 3. The van der Waals surface area contributed by atoms with E-state index in [4.69, 9.17) is 14.2 Å². The topological polar surface area (TPSA) is 48.0 Å². The fourth-order valence-corrected chi connectivity index (χ4v) is 4.72. The first-order valence-corrected chi connectivity index (χ1v) is 9.71. The van der Waals surface area contributed by atoms with E-state index in [1.54, 1.807) is 0 Å². The Kier molecular flexibility index (Phi) is 3.08. The van der Waals surface area contributed by atoms with E-state index in [0.29, 0.717) is 18.8 Å². The Morgan fingerprint density at radius 1 is 1.00 bits per heavy atom. The molecule has 0 N–H and O–H groups in total. The Bertz CT molecular complexity index is 951. The summed E-state index contributed by atoms with van der Waals surface area (Å²) in [6, 6.07) is 12.2. The van der Waals surface area contributed by atoms with Crippen LogP contribution in [0, 0.1) is 5.92 Å². The Balaban J connectivity index is 1.47. The predicted octanol–water partition coefficient (Wildman–Crippen LogP) is 3.63. The highest BCUT2D eigenvalue weighted by atomic mass is 16.7. The highest BCUT2D eigenvalue weighted by Gasteiger charge is 2.50. The van der Waals surface area contributed by atoms with Gasteiger partial charge in [0.25, 0.3) is 0 Å². The van der Waals surface area contributed by atoms with Crippen LogP contribution in [0.2, 0.25) is 0 Å². The molecule has 3 heterocycles. The zero-order valence-corrected chi connectivity index (χ0v) is 15.1. The van der Waals surface area contributed by atoms with Gasteiger partial charge in [-0.15, -0.1) is 0 Å². The molecule has 1 unspecified atom stereocenters. The van der Waals surface area contributed by atoms with Gasteiger partial charge in [-0.05, 0) is 30.0 Å². The fourth-order valence-electron chi connectivity index (χ4n) is 4.72. The molecule has 0 aromatic heterocycles. The van der Waals surface area contributed by atoms with Crippen LogP contribution in [-0.2, 0) is 10.2 Å². The van der Waals surface area contributed by atoms with E-state index in [1.165, 1.54) is 18.4 Å². The van der Waals surface area contributed by atoms with Gasteiger partial charge in [-0.3, -0.25) is 4.79 Å². The number of nitrogens with zero attached hydrogens (tertiary/aromatic N) is 1. The number of para-hydroxylation sites is 1. The predicted molar refractivity (Wildman–Crippen MR) is 99.6 cm³/mol. The summed E-state index contributed by atoms with van der Waals surface area (Å²) in [5, 5.41) is 0. The third-order valence-corrected chi connectivity index (χ3v) is 6.39. The summed E-state index contributed by atoms with van der Waals surface area (Å²) in [6.07, 6.45) is 4.14. The zero-order valence-electron chi connectivity index (χ0n) is 15.1. The maximum absolute atomic E-state index is 13.2. The number of anilines is 1. The van der Waals surface area contributed by atoms with E-state index in [9.17, 15) is 4.79 Å². The highest BCUT2D eigenvalue weighted by molar-refractivity contribution is 5.99. The third kappa shape index (κ3) is 2.20. The van der Waals surface area contributed by atoms with Crippen LogP contribution in [0.4, 0.5) is 5.69 Å². The molecule has 5 heteroatoms. The molecule has 5 nitrogen and oxygen atoms in total. The minimum atomic E-state index is -0.444. The maximum Gasteiger partial charge on any atom is 0.231 e. The van der Waals surface area contributed by atoms with Crippen molar-refractivity contribution in [2.45, 2.75) is 31.1 Å². The first-order chi connectivity index (χ1) is 13.2. The minimum absolute atomic E-state index is 0.184. The lowest BCUT2D eigenvalue weighted by molar-refractivity contribution is -0.120. The Morgan fingerprint density at radius 3 is 2.67 bits per heavy atom. The second-order valence-electron chi connectivity index (χ2n) is 8.04. The summed E-state index contributed by atoms with van der Waals surface area (Å²) < 4.78 is 17.1. The van der Waals surface area contributed by atoms with Crippen molar-refractivity contribution in [3.05, 3.63) is 47.5 Å². The summed E-state index contributed by atoms with van der Waals surface area (Å²) in [4.78, 5) is 15.2. The first-order valence-electron chi connectivity index (χ1n) is 9.71. The number of carbonyl (C=O) groups excluding carboxylic acids is 1. The lowest BCUT2D eigenvalue weighted by atomic mass is 9.70. The normalized spacial score (nSPS) is 24.7. The number of benzene rings is 2. The molecule has 2 aromatic carbocycles. The van der Waals surface area contributed by atoms with Crippen molar-refractivity contribution >= 4 is 11.6 Å².